The Bertz CT molecular complexity index is 949. The molecule has 1 N–H and O–H groups in total. The predicted octanol–water partition coefficient (Wildman–Crippen LogP) is 2.93. The van der Waals surface area contributed by atoms with Crippen molar-refractivity contribution in [2.24, 2.45) is 0 Å². The van der Waals surface area contributed by atoms with Crippen LogP contribution >= 0.6 is 0 Å². The molecule has 0 aliphatic heterocycles. The number of rotatable bonds is 7. The summed E-state index contributed by atoms with van der Waals surface area (Å²) in [6.45, 7) is 2.61. The van der Waals surface area contributed by atoms with Crippen molar-refractivity contribution in [1.82, 2.24) is 20.3 Å². The topological polar surface area (TPSA) is 71.0 Å². The number of anilines is 1. The van der Waals surface area contributed by atoms with Gasteiger partial charge in [0.05, 0.1) is 0 Å². The fraction of sp³-hybridized carbons (Fsp3) is 0.238. The first-order valence-electron chi connectivity index (χ1n) is 9.00. The summed E-state index contributed by atoms with van der Waals surface area (Å²) in [4.78, 5) is 27.2. The van der Waals surface area contributed by atoms with E-state index in [1.165, 1.54) is 6.07 Å². The van der Waals surface area contributed by atoms with E-state index in [0.29, 0.717) is 23.8 Å². The van der Waals surface area contributed by atoms with Crippen molar-refractivity contribution >= 4 is 11.9 Å². The van der Waals surface area contributed by atoms with Gasteiger partial charge < -0.3 is 10.2 Å². The molecule has 3 rings (SSSR count). The average molecular weight is 379 g/mol. The smallest absolute Gasteiger partial charge is 0.270 e. The third-order valence-corrected chi connectivity index (χ3v) is 4.30. The molecule has 0 saturated carbocycles. The van der Waals surface area contributed by atoms with Crippen LogP contribution in [0.15, 0.2) is 54.9 Å². The van der Waals surface area contributed by atoms with Gasteiger partial charge in [0.25, 0.3) is 5.91 Å². The van der Waals surface area contributed by atoms with Crippen LogP contribution in [0, 0.1) is 12.7 Å². The molecule has 2 heterocycles. The van der Waals surface area contributed by atoms with Crippen molar-refractivity contribution in [1.29, 1.82) is 0 Å². The minimum atomic E-state index is -0.363. The minimum absolute atomic E-state index is 0.0990. The zero-order valence-corrected chi connectivity index (χ0v) is 15.9. The van der Waals surface area contributed by atoms with Gasteiger partial charge in [-0.1, -0.05) is 18.2 Å². The van der Waals surface area contributed by atoms with Crippen LogP contribution in [0.2, 0.25) is 0 Å². The van der Waals surface area contributed by atoms with Gasteiger partial charge in [-0.3, -0.25) is 9.78 Å². The molecule has 7 heteroatoms. The lowest BCUT2D eigenvalue weighted by molar-refractivity contribution is 0.0945. The first-order chi connectivity index (χ1) is 13.5. The maximum Gasteiger partial charge on any atom is 0.270 e. The molecule has 1 amide bonds. The number of carbonyl (C=O) groups is 1. The maximum absolute atomic E-state index is 13.7. The van der Waals surface area contributed by atoms with Gasteiger partial charge >= 0.3 is 0 Å². The second-order valence-corrected chi connectivity index (χ2v) is 6.50. The molecule has 0 radical (unpaired) electrons. The largest absolute Gasteiger partial charge is 0.347 e. The summed E-state index contributed by atoms with van der Waals surface area (Å²) in [6, 6.07) is 11.9. The molecule has 0 saturated heterocycles. The molecule has 0 aliphatic rings. The molecule has 0 atom stereocenters. The fourth-order valence-corrected chi connectivity index (χ4v) is 2.69. The van der Waals surface area contributed by atoms with Gasteiger partial charge in [-0.05, 0) is 43.2 Å². The van der Waals surface area contributed by atoms with Crippen LogP contribution < -0.4 is 10.2 Å². The number of nitrogens with one attached hydrogen (secondary N) is 1. The summed E-state index contributed by atoms with van der Waals surface area (Å²) in [5.74, 6) is -0.235. The van der Waals surface area contributed by atoms with Gasteiger partial charge in [0.1, 0.15) is 11.5 Å². The van der Waals surface area contributed by atoms with E-state index in [1.807, 2.05) is 31.0 Å². The van der Waals surface area contributed by atoms with Gasteiger partial charge in [-0.2, -0.15) is 0 Å². The minimum Gasteiger partial charge on any atom is -0.347 e. The van der Waals surface area contributed by atoms with Crippen LogP contribution in [0.3, 0.4) is 0 Å². The molecule has 144 valence electrons. The van der Waals surface area contributed by atoms with E-state index in [2.05, 4.69) is 20.3 Å². The summed E-state index contributed by atoms with van der Waals surface area (Å²) >= 11 is 0. The summed E-state index contributed by atoms with van der Waals surface area (Å²) in [5.41, 5.74) is 2.54. The van der Waals surface area contributed by atoms with Crippen molar-refractivity contribution in [2.75, 3.05) is 18.5 Å². The Labute approximate surface area is 163 Å². The summed E-state index contributed by atoms with van der Waals surface area (Å²) in [6.07, 6.45) is 4.33. The SMILES string of the molecule is Cc1cc(C(=O)NCc2ccccc2F)nc(N(C)CCc2ccncc2)n1. The third-order valence-electron chi connectivity index (χ3n) is 4.30. The molecule has 6 nitrogen and oxygen atoms in total. The van der Waals surface area contributed by atoms with E-state index < -0.39 is 0 Å². The second kappa shape index (κ2) is 9.03. The summed E-state index contributed by atoms with van der Waals surface area (Å²) < 4.78 is 13.7. The average Bonchev–Trinajstić information content (AvgIpc) is 2.71. The molecule has 0 spiro atoms. The second-order valence-electron chi connectivity index (χ2n) is 6.50. The zero-order valence-electron chi connectivity index (χ0n) is 15.9. The van der Waals surface area contributed by atoms with E-state index in [9.17, 15) is 9.18 Å². The number of amides is 1. The normalized spacial score (nSPS) is 10.5. The quantitative estimate of drug-likeness (QED) is 0.683. The van der Waals surface area contributed by atoms with Crippen molar-refractivity contribution in [2.45, 2.75) is 19.9 Å². The Morgan fingerprint density at radius 2 is 1.89 bits per heavy atom. The molecular formula is C21H22FN5O. The molecule has 3 aromatic rings. The highest BCUT2D eigenvalue weighted by Gasteiger charge is 2.13. The zero-order chi connectivity index (χ0) is 19.9. The van der Waals surface area contributed by atoms with Crippen LogP contribution in [-0.4, -0.2) is 34.5 Å². The van der Waals surface area contributed by atoms with Gasteiger partial charge in [-0.25, -0.2) is 14.4 Å². The number of benzene rings is 1. The van der Waals surface area contributed by atoms with E-state index in [-0.39, 0.29) is 24.0 Å². The van der Waals surface area contributed by atoms with Crippen LogP contribution in [0.25, 0.3) is 0 Å². The Morgan fingerprint density at radius 3 is 2.64 bits per heavy atom. The highest BCUT2D eigenvalue weighted by molar-refractivity contribution is 5.92. The van der Waals surface area contributed by atoms with Gasteiger partial charge in [0.15, 0.2) is 0 Å². The summed E-state index contributed by atoms with van der Waals surface area (Å²) in [5, 5.41) is 2.71. The van der Waals surface area contributed by atoms with Crippen molar-refractivity contribution in [3.05, 3.63) is 83.2 Å². The maximum atomic E-state index is 13.7. The van der Waals surface area contributed by atoms with Crippen molar-refractivity contribution < 1.29 is 9.18 Å². The molecule has 0 unspecified atom stereocenters. The Morgan fingerprint density at radius 1 is 1.14 bits per heavy atom. The van der Waals surface area contributed by atoms with Crippen molar-refractivity contribution in [3.8, 4) is 0 Å². The highest BCUT2D eigenvalue weighted by atomic mass is 19.1. The molecule has 1 aromatic carbocycles. The van der Waals surface area contributed by atoms with E-state index >= 15 is 0 Å². The standard InChI is InChI=1S/C21H22FN5O/c1-15-13-19(20(28)24-14-17-5-3-4-6-18(17)22)26-21(25-15)27(2)12-9-16-7-10-23-11-8-16/h3-8,10-11,13H,9,12,14H2,1-2H3,(H,24,28). The molecular weight excluding hydrogens is 357 g/mol. The molecule has 2 aromatic heterocycles. The monoisotopic (exact) mass is 379 g/mol. The van der Waals surface area contributed by atoms with Gasteiger partial charge in [0.2, 0.25) is 5.95 Å². The number of nitrogens with zero attached hydrogens (tertiary/aromatic N) is 4. The lowest BCUT2D eigenvalue weighted by Gasteiger charge is -2.18. The Hall–Kier alpha value is -3.35. The number of aromatic nitrogens is 3. The number of pyridine rings is 1. The van der Waals surface area contributed by atoms with Gasteiger partial charge in [0, 0.05) is 43.8 Å². The molecule has 0 bridgehead atoms. The number of aryl methyl sites for hydroxylation is 1. The van der Waals surface area contributed by atoms with E-state index in [4.69, 9.17) is 0 Å². The Kier molecular flexibility index (Phi) is 6.26. The van der Waals surface area contributed by atoms with Crippen LogP contribution in [0.5, 0.6) is 0 Å². The van der Waals surface area contributed by atoms with Crippen LogP contribution in [-0.2, 0) is 13.0 Å². The first kappa shape index (κ1) is 19.4. The van der Waals surface area contributed by atoms with Crippen LogP contribution in [0.1, 0.15) is 27.3 Å². The number of hydrogen-bond acceptors (Lipinski definition) is 5. The molecule has 0 fully saturated rings. The third kappa shape index (κ3) is 5.09. The van der Waals surface area contributed by atoms with Crippen molar-refractivity contribution in [3.63, 3.8) is 0 Å². The van der Waals surface area contributed by atoms with Crippen LogP contribution in [0.4, 0.5) is 10.3 Å². The Balaban J connectivity index is 1.66. The highest BCUT2D eigenvalue weighted by Crippen LogP contribution is 2.11. The lowest BCUT2D eigenvalue weighted by Crippen LogP contribution is -2.27. The number of carbonyl (C=O) groups excluding carboxylic acids is 1. The van der Waals surface area contributed by atoms with E-state index in [1.54, 1.807) is 36.7 Å². The number of likely N-dealkylation sites (N-methyl/N-ethyl adjacent to an activating group) is 1. The summed E-state index contributed by atoms with van der Waals surface area (Å²) in [7, 11) is 1.89. The predicted molar refractivity (Wildman–Crippen MR) is 106 cm³/mol. The molecule has 0 aliphatic carbocycles. The lowest BCUT2D eigenvalue weighted by atomic mass is 10.2. The first-order valence-corrected chi connectivity index (χ1v) is 9.00. The number of hydrogen-bond donors (Lipinski definition) is 1. The fourth-order valence-electron chi connectivity index (χ4n) is 2.69. The van der Waals surface area contributed by atoms with Gasteiger partial charge in [-0.15, -0.1) is 0 Å². The number of halogens is 1. The molecule has 28 heavy (non-hydrogen) atoms. The van der Waals surface area contributed by atoms with E-state index in [0.717, 1.165) is 12.0 Å².